The number of imide groups is 1. The topological polar surface area (TPSA) is 74.6 Å². The van der Waals surface area contributed by atoms with Crippen LogP contribution < -0.4 is 10.6 Å². The quantitative estimate of drug-likeness (QED) is 0.853. The number of furan rings is 1. The van der Waals surface area contributed by atoms with Crippen molar-refractivity contribution in [2.24, 2.45) is 0 Å². The first kappa shape index (κ1) is 17.7. The number of carbonyl (C=O) groups excluding carboxylic acids is 2. The summed E-state index contributed by atoms with van der Waals surface area (Å²) in [7, 11) is 1.85. The highest BCUT2D eigenvalue weighted by atomic mass is 16.3. The molecule has 0 spiro atoms. The van der Waals surface area contributed by atoms with Crippen molar-refractivity contribution in [3.63, 3.8) is 0 Å². The van der Waals surface area contributed by atoms with Crippen LogP contribution in [0.5, 0.6) is 0 Å². The molecule has 6 nitrogen and oxygen atoms in total. The number of aryl methyl sites for hydroxylation is 2. The van der Waals surface area contributed by atoms with Gasteiger partial charge in [0.1, 0.15) is 5.76 Å². The molecule has 1 heterocycles. The minimum absolute atomic E-state index is 0.140. The van der Waals surface area contributed by atoms with E-state index in [0.717, 1.165) is 5.56 Å². The van der Waals surface area contributed by atoms with Gasteiger partial charge >= 0.3 is 6.03 Å². The zero-order valence-electron chi connectivity index (χ0n) is 14.3. The van der Waals surface area contributed by atoms with Crippen LogP contribution in [-0.2, 0) is 17.9 Å². The minimum Gasteiger partial charge on any atom is -0.467 e. The number of amides is 3. The SMILES string of the molecule is Cc1ccc(CN(C)CC(=O)NC(=O)NCc2ccco2)c(C)c1. The Hall–Kier alpha value is -2.60. The van der Waals surface area contributed by atoms with Crippen LogP contribution in [0, 0.1) is 13.8 Å². The van der Waals surface area contributed by atoms with Gasteiger partial charge in [0.15, 0.2) is 0 Å². The first-order valence-electron chi connectivity index (χ1n) is 7.79. The molecule has 128 valence electrons. The van der Waals surface area contributed by atoms with Gasteiger partial charge in [0, 0.05) is 6.54 Å². The Morgan fingerprint density at radius 3 is 2.67 bits per heavy atom. The zero-order valence-corrected chi connectivity index (χ0v) is 14.3. The first-order chi connectivity index (χ1) is 11.4. The van der Waals surface area contributed by atoms with Gasteiger partial charge < -0.3 is 9.73 Å². The molecule has 6 heteroatoms. The summed E-state index contributed by atoms with van der Waals surface area (Å²) >= 11 is 0. The Labute approximate surface area is 141 Å². The first-order valence-corrected chi connectivity index (χ1v) is 7.79. The second kappa shape index (κ2) is 8.31. The lowest BCUT2D eigenvalue weighted by Crippen LogP contribution is -2.43. The van der Waals surface area contributed by atoms with Crippen molar-refractivity contribution in [2.75, 3.05) is 13.6 Å². The monoisotopic (exact) mass is 329 g/mol. The van der Waals surface area contributed by atoms with Crippen LogP contribution in [0.4, 0.5) is 4.79 Å². The third-order valence-electron chi connectivity index (χ3n) is 3.61. The number of benzene rings is 1. The van der Waals surface area contributed by atoms with E-state index in [-0.39, 0.29) is 19.0 Å². The Kier molecular flexibility index (Phi) is 6.14. The summed E-state index contributed by atoms with van der Waals surface area (Å²) in [6, 6.07) is 9.19. The van der Waals surface area contributed by atoms with E-state index in [1.807, 2.05) is 11.9 Å². The number of hydrogen-bond acceptors (Lipinski definition) is 4. The van der Waals surface area contributed by atoms with Gasteiger partial charge in [-0.05, 0) is 44.2 Å². The Balaban J connectivity index is 1.75. The number of rotatable bonds is 6. The van der Waals surface area contributed by atoms with E-state index < -0.39 is 6.03 Å². The zero-order chi connectivity index (χ0) is 17.5. The minimum atomic E-state index is -0.531. The van der Waals surface area contributed by atoms with Crippen LogP contribution in [0.3, 0.4) is 0 Å². The summed E-state index contributed by atoms with van der Waals surface area (Å²) in [5.74, 6) is 0.281. The van der Waals surface area contributed by atoms with Gasteiger partial charge in [0.25, 0.3) is 0 Å². The van der Waals surface area contributed by atoms with Crippen molar-refractivity contribution in [1.82, 2.24) is 15.5 Å². The molecular formula is C18H23N3O3. The summed E-state index contributed by atoms with van der Waals surface area (Å²) in [6.07, 6.45) is 1.53. The normalized spacial score (nSPS) is 10.7. The molecule has 0 aliphatic heterocycles. The van der Waals surface area contributed by atoms with Crippen LogP contribution in [0.2, 0.25) is 0 Å². The van der Waals surface area contributed by atoms with Crippen molar-refractivity contribution in [2.45, 2.75) is 26.9 Å². The second-order valence-corrected chi connectivity index (χ2v) is 5.91. The van der Waals surface area contributed by atoms with E-state index in [1.165, 1.54) is 17.4 Å². The fourth-order valence-corrected chi connectivity index (χ4v) is 2.41. The number of likely N-dealkylation sites (N-methyl/N-ethyl adjacent to an activating group) is 1. The van der Waals surface area contributed by atoms with E-state index >= 15 is 0 Å². The van der Waals surface area contributed by atoms with E-state index in [9.17, 15) is 9.59 Å². The van der Waals surface area contributed by atoms with Crippen LogP contribution >= 0.6 is 0 Å². The predicted octanol–water partition coefficient (Wildman–Crippen LogP) is 2.35. The van der Waals surface area contributed by atoms with Gasteiger partial charge in [0.2, 0.25) is 5.91 Å². The summed E-state index contributed by atoms with van der Waals surface area (Å²) < 4.78 is 5.10. The van der Waals surface area contributed by atoms with Gasteiger partial charge in [-0.3, -0.25) is 15.0 Å². The second-order valence-electron chi connectivity index (χ2n) is 5.91. The van der Waals surface area contributed by atoms with Crippen LogP contribution in [0.25, 0.3) is 0 Å². The molecule has 1 aromatic carbocycles. The average molecular weight is 329 g/mol. The molecule has 2 rings (SSSR count). The van der Waals surface area contributed by atoms with E-state index in [0.29, 0.717) is 12.3 Å². The summed E-state index contributed by atoms with van der Waals surface area (Å²) in [5.41, 5.74) is 3.57. The molecule has 0 bridgehead atoms. The van der Waals surface area contributed by atoms with Crippen molar-refractivity contribution in [3.8, 4) is 0 Å². The number of nitrogens with one attached hydrogen (secondary N) is 2. The fourth-order valence-electron chi connectivity index (χ4n) is 2.41. The lowest BCUT2D eigenvalue weighted by Gasteiger charge is -2.17. The number of carbonyl (C=O) groups is 2. The lowest BCUT2D eigenvalue weighted by atomic mass is 10.1. The molecule has 0 fully saturated rings. The maximum Gasteiger partial charge on any atom is 0.321 e. The Morgan fingerprint density at radius 2 is 2.00 bits per heavy atom. The molecule has 0 radical (unpaired) electrons. The molecule has 24 heavy (non-hydrogen) atoms. The van der Waals surface area contributed by atoms with Crippen molar-refractivity contribution in [3.05, 3.63) is 59.0 Å². The highest BCUT2D eigenvalue weighted by molar-refractivity contribution is 5.95. The Morgan fingerprint density at radius 1 is 1.21 bits per heavy atom. The van der Waals surface area contributed by atoms with Crippen molar-refractivity contribution >= 4 is 11.9 Å². The molecule has 0 unspecified atom stereocenters. The summed E-state index contributed by atoms with van der Waals surface area (Å²) in [4.78, 5) is 25.5. The molecule has 0 saturated heterocycles. The van der Waals surface area contributed by atoms with Crippen LogP contribution in [-0.4, -0.2) is 30.4 Å². The van der Waals surface area contributed by atoms with Gasteiger partial charge in [-0.1, -0.05) is 23.8 Å². The maximum atomic E-state index is 11.9. The van der Waals surface area contributed by atoms with Gasteiger partial charge in [-0.25, -0.2) is 4.79 Å². The highest BCUT2D eigenvalue weighted by Crippen LogP contribution is 2.12. The highest BCUT2D eigenvalue weighted by Gasteiger charge is 2.12. The largest absolute Gasteiger partial charge is 0.467 e. The van der Waals surface area contributed by atoms with Crippen LogP contribution in [0.1, 0.15) is 22.5 Å². The fraction of sp³-hybridized carbons (Fsp3) is 0.333. The number of nitrogens with zero attached hydrogens (tertiary/aromatic N) is 1. The smallest absolute Gasteiger partial charge is 0.321 e. The van der Waals surface area contributed by atoms with Gasteiger partial charge in [0.05, 0.1) is 19.4 Å². The molecule has 1 aromatic heterocycles. The lowest BCUT2D eigenvalue weighted by molar-refractivity contribution is -0.121. The van der Waals surface area contributed by atoms with E-state index in [2.05, 4.69) is 42.7 Å². The Bertz CT molecular complexity index is 696. The van der Waals surface area contributed by atoms with Gasteiger partial charge in [-0.15, -0.1) is 0 Å². The van der Waals surface area contributed by atoms with Crippen LogP contribution in [0.15, 0.2) is 41.0 Å². The number of urea groups is 1. The average Bonchev–Trinajstić information content (AvgIpc) is 3.01. The summed E-state index contributed by atoms with van der Waals surface area (Å²) in [6.45, 7) is 5.13. The maximum absolute atomic E-state index is 11.9. The molecule has 0 aliphatic rings. The molecule has 3 amide bonds. The third kappa shape index (κ3) is 5.55. The van der Waals surface area contributed by atoms with E-state index in [4.69, 9.17) is 4.42 Å². The molecule has 0 aliphatic carbocycles. The summed E-state index contributed by atoms with van der Waals surface area (Å²) in [5, 5.41) is 4.88. The van der Waals surface area contributed by atoms with E-state index in [1.54, 1.807) is 12.1 Å². The van der Waals surface area contributed by atoms with Crippen molar-refractivity contribution < 1.29 is 14.0 Å². The molecule has 0 atom stereocenters. The molecular weight excluding hydrogens is 306 g/mol. The molecule has 0 saturated carbocycles. The van der Waals surface area contributed by atoms with Gasteiger partial charge in [-0.2, -0.15) is 0 Å². The predicted molar refractivity (Wildman–Crippen MR) is 91.3 cm³/mol. The number of hydrogen-bond donors (Lipinski definition) is 2. The third-order valence-corrected chi connectivity index (χ3v) is 3.61. The standard InChI is InChI=1S/C18H23N3O3/c1-13-6-7-15(14(2)9-13)11-21(3)12-17(22)20-18(23)19-10-16-5-4-8-24-16/h4-9H,10-12H2,1-3H3,(H2,19,20,22,23). The molecule has 2 N–H and O–H groups in total. The van der Waals surface area contributed by atoms with Crippen molar-refractivity contribution in [1.29, 1.82) is 0 Å². The molecule has 2 aromatic rings.